The lowest BCUT2D eigenvalue weighted by Gasteiger charge is -2.41. The molecule has 88 valence electrons. The van der Waals surface area contributed by atoms with Crippen molar-refractivity contribution in [2.24, 2.45) is 5.73 Å². The van der Waals surface area contributed by atoms with E-state index in [0.717, 1.165) is 19.3 Å². The number of hydrogen-bond acceptors (Lipinski definition) is 3. The van der Waals surface area contributed by atoms with Gasteiger partial charge in [0.25, 0.3) is 0 Å². The zero-order valence-corrected chi connectivity index (χ0v) is 9.29. The van der Waals surface area contributed by atoms with Crippen LogP contribution in [-0.4, -0.2) is 18.8 Å². The summed E-state index contributed by atoms with van der Waals surface area (Å²) in [6.07, 6.45) is 2.88. The van der Waals surface area contributed by atoms with E-state index in [0.29, 0.717) is 12.1 Å². The van der Waals surface area contributed by atoms with Crippen molar-refractivity contribution in [3.05, 3.63) is 23.5 Å². The van der Waals surface area contributed by atoms with Gasteiger partial charge in [-0.05, 0) is 18.9 Å². The summed E-state index contributed by atoms with van der Waals surface area (Å²) in [5, 5.41) is 9.88. The topological polar surface area (TPSA) is 55.5 Å². The number of aromatic hydroxyl groups is 1. The van der Waals surface area contributed by atoms with Crippen LogP contribution in [0.2, 0.25) is 0 Å². The van der Waals surface area contributed by atoms with Gasteiger partial charge < -0.3 is 15.6 Å². The quantitative estimate of drug-likeness (QED) is 0.826. The zero-order valence-electron chi connectivity index (χ0n) is 9.29. The van der Waals surface area contributed by atoms with Crippen molar-refractivity contribution in [2.75, 3.05) is 13.7 Å². The average Bonchev–Trinajstić information content (AvgIpc) is 2.22. The molecule has 0 unspecified atom stereocenters. The summed E-state index contributed by atoms with van der Waals surface area (Å²) in [6.45, 7) is 0.437. The first-order valence-electron chi connectivity index (χ1n) is 5.40. The number of hydrogen-bond donors (Lipinski definition) is 2. The Morgan fingerprint density at radius 2 is 2.19 bits per heavy atom. The van der Waals surface area contributed by atoms with Crippen molar-refractivity contribution in [1.82, 2.24) is 0 Å². The number of rotatable bonds is 3. The van der Waals surface area contributed by atoms with E-state index in [1.807, 2.05) is 0 Å². The second kappa shape index (κ2) is 3.94. The van der Waals surface area contributed by atoms with E-state index in [2.05, 4.69) is 0 Å². The Balaban J connectivity index is 2.45. The molecule has 4 heteroatoms. The van der Waals surface area contributed by atoms with Gasteiger partial charge in [-0.25, -0.2) is 4.39 Å². The van der Waals surface area contributed by atoms with Crippen molar-refractivity contribution in [3.8, 4) is 11.5 Å². The highest BCUT2D eigenvalue weighted by molar-refractivity contribution is 5.46. The molecule has 0 bridgehead atoms. The fourth-order valence-corrected chi connectivity index (χ4v) is 2.31. The molecular weight excluding hydrogens is 209 g/mol. The van der Waals surface area contributed by atoms with Crippen LogP contribution in [0.4, 0.5) is 4.39 Å². The lowest BCUT2D eigenvalue weighted by molar-refractivity contribution is 0.243. The van der Waals surface area contributed by atoms with Crippen LogP contribution in [-0.2, 0) is 5.41 Å². The first-order chi connectivity index (χ1) is 7.63. The fourth-order valence-electron chi connectivity index (χ4n) is 2.31. The van der Waals surface area contributed by atoms with E-state index in [1.54, 1.807) is 0 Å². The molecule has 3 nitrogen and oxygen atoms in total. The second-order valence-electron chi connectivity index (χ2n) is 4.34. The lowest BCUT2D eigenvalue weighted by atomic mass is 9.64. The van der Waals surface area contributed by atoms with Crippen molar-refractivity contribution in [2.45, 2.75) is 24.7 Å². The predicted octanol–water partition coefficient (Wildman–Crippen LogP) is 1.92. The van der Waals surface area contributed by atoms with Gasteiger partial charge in [-0.2, -0.15) is 0 Å². The van der Waals surface area contributed by atoms with Gasteiger partial charge in [0.15, 0.2) is 11.6 Å². The van der Waals surface area contributed by atoms with E-state index in [4.69, 9.17) is 10.5 Å². The molecular formula is C12H16FNO2. The summed E-state index contributed by atoms with van der Waals surface area (Å²) < 4.78 is 18.4. The summed E-state index contributed by atoms with van der Waals surface area (Å²) in [4.78, 5) is 0. The molecule has 3 N–H and O–H groups in total. The minimum absolute atomic E-state index is 0.0627. The number of halogens is 1. The second-order valence-corrected chi connectivity index (χ2v) is 4.34. The number of methoxy groups -OCH3 is 1. The molecule has 1 aliphatic carbocycles. The normalized spacial score (nSPS) is 17.9. The van der Waals surface area contributed by atoms with Crippen molar-refractivity contribution < 1.29 is 14.2 Å². The number of phenols is 1. The number of ether oxygens (including phenoxy) is 1. The van der Waals surface area contributed by atoms with Gasteiger partial charge in [-0.15, -0.1) is 0 Å². The molecule has 1 fully saturated rings. The van der Waals surface area contributed by atoms with Gasteiger partial charge in [-0.3, -0.25) is 0 Å². The maximum atomic E-state index is 13.6. The number of phenolic OH excluding ortho intramolecular Hbond substituents is 1. The molecule has 0 atom stereocenters. The minimum atomic E-state index is -0.449. The molecule has 16 heavy (non-hydrogen) atoms. The first-order valence-corrected chi connectivity index (χ1v) is 5.40. The van der Waals surface area contributed by atoms with Crippen molar-refractivity contribution >= 4 is 0 Å². The van der Waals surface area contributed by atoms with Gasteiger partial charge in [0.2, 0.25) is 0 Å². The molecule has 0 aromatic heterocycles. The van der Waals surface area contributed by atoms with Gasteiger partial charge in [0.1, 0.15) is 5.75 Å². The van der Waals surface area contributed by atoms with Gasteiger partial charge in [0.05, 0.1) is 7.11 Å². The Morgan fingerprint density at radius 3 is 2.62 bits per heavy atom. The summed E-state index contributed by atoms with van der Waals surface area (Å²) in [6, 6.07) is 2.67. The van der Waals surface area contributed by atoms with Crippen LogP contribution in [0, 0.1) is 5.82 Å². The molecule has 0 heterocycles. The average molecular weight is 225 g/mol. The highest BCUT2D eigenvalue weighted by Crippen LogP contribution is 2.47. The number of nitrogens with two attached hydrogens (primary N) is 1. The molecule has 1 saturated carbocycles. The van der Waals surface area contributed by atoms with Crippen LogP contribution >= 0.6 is 0 Å². The Kier molecular flexibility index (Phi) is 2.76. The SMILES string of the molecule is COc1cc(O)c(C2(CN)CCC2)cc1F. The maximum absolute atomic E-state index is 13.6. The van der Waals surface area contributed by atoms with E-state index in [-0.39, 0.29) is 16.9 Å². The molecule has 1 aromatic rings. The van der Waals surface area contributed by atoms with Gasteiger partial charge in [-0.1, -0.05) is 6.42 Å². The van der Waals surface area contributed by atoms with Gasteiger partial charge >= 0.3 is 0 Å². The van der Waals surface area contributed by atoms with Crippen LogP contribution in [0.15, 0.2) is 12.1 Å². The minimum Gasteiger partial charge on any atom is -0.508 e. The third-order valence-corrected chi connectivity index (χ3v) is 3.54. The van der Waals surface area contributed by atoms with Crippen LogP contribution in [0.25, 0.3) is 0 Å². The van der Waals surface area contributed by atoms with Crippen molar-refractivity contribution in [3.63, 3.8) is 0 Å². The zero-order chi connectivity index (χ0) is 11.8. The summed E-state index contributed by atoms with van der Waals surface area (Å²) in [7, 11) is 1.37. The highest BCUT2D eigenvalue weighted by atomic mass is 19.1. The Hall–Kier alpha value is -1.29. The van der Waals surface area contributed by atoms with Crippen LogP contribution in [0.1, 0.15) is 24.8 Å². The van der Waals surface area contributed by atoms with Crippen molar-refractivity contribution in [1.29, 1.82) is 0 Å². The standard InChI is InChI=1S/C12H16FNO2/c1-16-11-6-10(15)8(5-9(11)13)12(7-14)3-2-4-12/h5-6,15H,2-4,7,14H2,1H3. The van der Waals surface area contributed by atoms with E-state index >= 15 is 0 Å². The third-order valence-electron chi connectivity index (χ3n) is 3.54. The van der Waals surface area contributed by atoms with Crippen LogP contribution in [0.3, 0.4) is 0 Å². The Labute approximate surface area is 94.0 Å². The Bertz CT molecular complexity index is 397. The largest absolute Gasteiger partial charge is 0.508 e. The molecule has 2 rings (SSSR count). The van der Waals surface area contributed by atoms with Crippen LogP contribution < -0.4 is 10.5 Å². The molecule has 1 aromatic carbocycles. The molecule has 1 aliphatic rings. The fraction of sp³-hybridized carbons (Fsp3) is 0.500. The summed E-state index contributed by atoms with van der Waals surface area (Å²) in [5.41, 5.74) is 6.10. The number of benzene rings is 1. The van der Waals surface area contributed by atoms with E-state index in [1.165, 1.54) is 19.2 Å². The van der Waals surface area contributed by atoms with E-state index < -0.39 is 5.82 Å². The third kappa shape index (κ3) is 1.53. The van der Waals surface area contributed by atoms with E-state index in [9.17, 15) is 9.50 Å². The lowest BCUT2D eigenvalue weighted by Crippen LogP contribution is -2.41. The smallest absolute Gasteiger partial charge is 0.165 e. The monoisotopic (exact) mass is 225 g/mol. The molecule has 0 spiro atoms. The summed E-state index contributed by atoms with van der Waals surface area (Å²) in [5.74, 6) is -0.314. The molecule has 0 amide bonds. The summed E-state index contributed by atoms with van der Waals surface area (Å²) >= 11 is 0. The van der Waals surface area contributed by atoms with Gasteiger partial charge in [0, 0.05) is 23.6 Å². The first kappa shape index (κ1) is 11.2. The maximum Gasteiger partial charge on any atom is 0.165 e. The molecule has 0 radical (unpaired) electrons. The predicted molar refractivity (Wildman–Crippen MR) is 59.2 cm³/mol. The highest BCUT2D eigenvalue weighted by Gasteiger charge is 2.39. The molecule has 0 aliphatic heterocycles. The Morgan fingerprint density at radius 1 is 1.50 bits per heavy atom. The molecule has 0 saturated heterocycles. The van der Waals surface area contributed by atoms with Crippen LogP contribution in [0.5, 0.6) is 11.5 Å².